The topological polar surface area (TPSA) is 58.6 Å². The monoisotopic (exact) mass is 316 g/mol. The molecule has 124 valence electrons. The first kappa shape index (κ1) is 15.8. The molecule has 1 aliphatic carbocycles. The summed E-state index contributed by atoms with van der Waals surface area (Å²) in [6.07, 6.45) is 4.07. The second-order valence-corrected chi connectivity index (χ2v) is 6.36. The third kappa shape index (κ3) is 3.66. The fraction of sp³-hybridized carbons (Fsp3) is 0.556. The van der Waals surface area contributed by atoms with E-state index in [1.165, 1.54) is 6.42 Å². The van der Waals surface area contributed by atoms with Crippen LogP contribution in [0.3, 0.4) is 0 Å². The van der Waals surface area contributed by atoms with Gasteiger partial charge in [0.05, 0.1) is 18.9 Å². The van der Waals surface area contributed by atoms with E-state index in [4.69, 9.17) is 4.74 Å². The minimum absolute atomic E-state index is 0.0220. The minimum Gasteiger partial charge on any atom is -0.496 e. The van der Waals surface area contributed by atoms with Gasteiger partial charge in [0.15, 0.2) is 0 Å². The first-order valence-corrected chi connectivity index (χ1v) is 8.39. The summed E-state index contributed by atoms with van der Waals surface area (Å²) in [5.74, 6) is 0.655. The van der Waals surface area contributed by atoms with Crippen molar-refractivity contribution in [3.8, 4) is 5.75 Å². The van der Waals surface area contributed by atoms with E-state index >= 15 is 0 Å². The maximum atomic E-state index is 12.4. The van der Waals surface area contributed by atoms with Gasteiger partial charge in [-0.1, -0.05) is 18.2 Å². The van der Waals surface area contributed by atoms with Crippen molar-refractivity contribution in [1.82, 2.24) is 10.2 Å². The molecule has 2 unspecified atom stereocenters. The van der Waals surface area contributed by atoms with Crippen LogP contribution >= 0.6 is 0 Å². The molecule has 0 bridgehead atoms. The van der Waals surface area contributed by atoms with Gasteiger partial charge < -0.3 is 15.0 Å². The van der Waals surface area contributed by atoms with Gasteiger partial charge in [0, 0.05) is 25.2 Å². The van der Waals surface area contributed by atoms with E-state index in [-0.39, 0.29) is 23.7 Å². The van der Waals surface area contributed by atoms with Crippen molar-refractivity contribution in [3.05, 3.63) is 29.8 Å². The lowest BCUT2D eigenvalue weighted by Gasteiger charge is -2.26. The van der Waals surface area contributed by atoms with Crippen molar-refractivity contribution in [2.24, 2.45) is 11.8 Å². The molecular weight excluding hydrogens is 292 g/mol. The van der Waals surface area contributed by atoms with E-state index in [0.29, 0.717) is 13.0 Å². The quantitative estimate of drug-likeness (QED) is 0.903. The number of nitrogens with zero attached hydrogens (tertiary/aromatic N) is 1. The Morgan fingerprint density at radius 3 is 2.65 bits per heavy atom. The van der Waals surface area contributed by atoms with Crippen molar-refractivity contribution in [3.63, 3.8) is 0 Å². The molecule has 1 aromatic carbocycles. The highest BCUT2D eigenvalue weighted by Crippen LogP contribution is 2.40. The van der Waals surface area contributed by atoms with Crippen LogP contribution in [-0.4, -0.2) is 36.9 Å². The highest BCUT2D eigenvalue weighted by atomic mass is 16.5. The van der Waals surface area contributed by atoms with Gasteiger partial charge in [-0.15, -0.1) is 0 Å². The zero-order valence-corrected chi connectivity index (χ0v) is 13.6. The normalized spacial score (nSPS) is 23.3. The number of hydrogen-bond acceptors (Lipinski definition) is 3. The third-order valence-electron chi connectivity index (χ3n) is 4.76. The van der Waals surface area contributed by atoms with E-state index in [0.717, 1.165) is 37.2 Å². The summed E-state index contributed by atoms with van der Waals surface area (Å²) >= 11 is 0. The van der Waals surface area contributed by atoms with Crippen LogP contribution in [0.2, 0.25) is 0 Å². The van der Waals surface area contributed by atoms with Gasteiger partial charge in [-0.05, 0) is 31.7 Å². The zero-order valence-electron chi connectivity index (χ0n) is 13.6. The van der Waals surface area contributed by atoms with Crippen LogP contribution in [-0.2, 0) is 16.1 Å². The average molecular weight is 316 g/mol. The Balaban J connectivity index is 1.49. The average Bonchev–Trinajstić information content (AvgIpc) is 3.41. The molecule has 0 radical (unpaired) electrons. The fourth-order valence-electron chi connectivity index (χ4n) is 3.27. The molecule has 0 spiro atoms. The van der Waals surface area contributed by atoms with Gasteiger partial charge in [0.25, 0.3) is 0 Å². The molecule has 5 heteroatoms. The Bertz CT molecular complexity index is 581. The SMILES string of the molecule is COc1ccccc1CNC(=O)C1CC1C(=O)N1CCCCC1. The third-order valence-corrected chi connectivity index (χ3v) is 4.76. The summed E-state index contributed by atoms with van der Waals surface area (Å²) in [4.78, 5) is 26.6. The predicted octanol–water partition coefficient (Wildman–Crippen LogP) is 1.96. The molecule has 1 N–H and O–H groups in total. The number of carbonyl (C=O) groups excluding carboxylic acids is 2. The van der Waals surface area contributed by atoms with E-state index in [1.807, 2.05) is 29.2 Å². The number of nitrogens with one attached hydrogen (secondary N) is 1. The van der Waals surface area contributed by atoms with Gasteiger partial charge in [-0.25, -0.2) is 0 Å². The molecule has 3 rings (SSSR count). The lowest BCUT2D eigenvalue weighted by molar-refractivity contribution is -0.135. The summed E-state index contributed by atoms with van der Waals surface area (Å²) in [7, 11) is 1.62. The van der Waals surface area contributed by atoms with E-state index in [9.17, 15) is 9.59 Å². The van der Waals surface area contributed by atoms with Crippen LogP contribution in [0, 0.1) is 11.8 Å². The molecule has 1 saturated heterocycles. The Labute approximate surface area is 137 Å². The van der Waals surface area contributed by atoms with Crippen LogP contribution < -0.4 is 10.1 Å². The van der Waals surface area contributed by atoms with Crippen LogP contribution in [0.15, 0.2) is 24.3 Å². The number of ether oxygens (including phenoxy) is 1. The molecule has 0 aromatic heterocycles. The summed E-state index contributed by atoms with van der Waals surface area (Å²) in [5.41, 5.74) is 0.947. The number of amides is 2. The number of hydrogen-bond donors (Lipinski definition) is 1. The molecule has 2 fully saturated rings. The highest BCUT2D eigenvalue weighted by molar-refractivity contribution is 5.92. The largest absolute Gasteiger partial charge is 0.496 e. The van der Waals surface area contributed by atoms with E-state index in [1.54, 1.807) is 7.11 Å². The smallest absolute Gasteiger partial charge is 0.226 e. The molecule has 23 heavy (non-hydrogen) atoms. The second-order valence-electron chi connectivity index (χ2n) is 6.36. The summed E-state index contributed by atoms with van der Waals surface area (Å²) in [5, 5.41) is 2.93. The van der Waals surface area contributed by atoms with Crippen molar-refractivity contribution >= 4 is 11.8 Å². The fourth-order valence-corrected chi connectivity index (χ4v) is 3.27. The highest BCUT2D eigenvalue weighted by Gasteiger charge is 2.49. The molecule has 2 amide bonds. The van der Waals surface area contributed by atoms with Crippen molar-refractivity contribution in [2.45, 2.75) is 32.2 Å². The maximum absolute atomic E-state index is 12.4. The van der Waals surface area contributed by atoms with Crippen LogP contribution in [0.5, 0.6) is 5.75 Å². The standard InChI is InChI=1S/C18H24N2O3/c1-23-16-8-4-3-7-13(16)12-19-17(21)14-11-15(14)18(22)20-9-5-2-6-10-20/h3-4,7-8,14-15H,2,5-6,9-12H2,1H3,(H,19,21). The Kier molecular flexibility index (Phi) is 4.84. The molecular formula is C18H24N2O3. The van der Waals surface area contributed by atoms with Gasteiger partial charge in [-0.3, -0.25) is 9.59 Å². The van der Waals surface area contributed by atoms with Crippen molar-refractivity contribution in [2.75, 3.05) is 20.2 Å². The lowest BCUT2D eigenvalue weighted by atomic mass is 10.1. The van der Waals surface area contributed by atoms with Crippen LogP contribution in [0.1, 0.15) is 31.2 Å². The number of para-hydroxylation sites is 1. The van der Waals surface area contributed by atoms with Crippen molar-refractivity contribution in [1.29, 1.82) is 0 Å². The minimum atomic E-state index is -0.154. The molecule has 5 nitrogen and oxygen atoms in total. The van der Waals surface area contributed by atoms with Gasteiger partial charge in [0.2, 0.25) is 11.8 Å². The summed E-state index contributed by atoms with van der Waals surface area (Å²) in [6.45, 7) is 2.14. The summed E-state index contributed by atoms with van der Waals surface area (Å²) < 4.78 is 5.28. The van der Waals surface area contributed by atoms with E-state index in [2.05, 4.69) is 5.32 Å². The Hall–Kier alpha value is -2.04. The number of rotatable bonds is 5. The van der Waals surface area contributed by atoms with Gasteiger partial charge in [-0.2, -0.15) is 0 Å². The molecule has 2 atom stereocenters. The number of methoxy groups -OCH3 is 1. The molecule has 1 saturated carbocycles. The number of carbonyl (C=O) groups is 2. The number of benzene rings is 1. The number of likely N-dealkylation sites (tertiary alicyclic amines) is 1. The van der Waals surface area contributed by atoms with Crippen LogP contribution in [0.25, 0.3) is 0 Å². The van der Waals surface area contributed by atoms with Crippen LogP contribution in [0.4, 0.5) is 0 Å². The zero-order chi connectivity index (χ0) is 16.2. The van der Waals surface area contributed by atoms with E-state index < -0.39 is 0 Å². The van der Waals surface area contributed by atoms with Gasteiger partial charge in [0.1, 0.15) is 5.75 Å². The molecule has 1 aromatic rings. The second kappa shape index (κ2) is 7.02. The molecule has 1 aliphatic heterocycles. The summed E-state index contributed by atoms with van der Waals surface area (Å²) in [6, 6.07) is 7.63. The maximum Gasteiger partial charge on any atom is 0.226 e. The molecule has 1 heterocycles. The Morgan fingerprint density at radius 1 is 1.17 bits per heavy atom. The Morgan fingerprint density at radius 2 is 1.91 bits per heavy atom. The first-order chi connectivity index (χ1) is 11.2. The number of piperidine rings is 1. The predicted molar refractivity (Wildman–Crippen MR) is 86.9 cm³/mol. The van der Waals surface area contributed by atoms with Crippen molar-refractivity contribution < 1.29 is 14.3 Å². The lowest BCUT2D eigenvalue weighted by Crippen LogP contribution is -2.37. The van der Waals surface area contributed by atoms with Gasteiger partial charge >= 0.3 is 0 Å². The molecule has 2 aliphatic rings. The first-order valence-electron chi connectivity index (χ1n) is 8.39.